The summed E-state index contributed by atoms with van der Waals surface area (Å²) in [6, 6.07) is 0. The fraction of sp³-hybridized carbons (Fsp3) is 1.00. The summed E-state index contributed by atoms with van der Waals surface area (Å²) < 4.78 is 23.6. The van der Waals surface area contributed by atoms with Crippen LogP contribution in [0.4, 0.5) is 0 Å². The number of nitrogens with zero attached hydrogens (tertiary/aromatic N) is 1. The molecule has 0 saturated heterocycles. The Balaban J connectivity index is 4.80. The quantitative estimate of drug-likeness (QED) is 0.636. The van der Waals surface area contributed by atoms with Crippen LogP contribution in [0.15, 0.2) is 0 Å². The molecule has 0 bridgehead atoms. The average molecular weight is 239 g/mol. The third-order valence-corrected chi connectivity index (χ3v) is 10.6. The monoisotopic (exact) mass is 239 g/mol. The third-order valence-electron chi connectivity index (χ3n) is 2.73. The van der Waals surface area contributed by atoms with Crippen LogP contribution in [0.3, 0.4) is 0 Å². The van der Waals surface area contributed by atoms with Crippen molar-refractivity contribution < 1.29 is 17.7 Å². The van der Waals surface area contributed by atoms with Crippen LogP contribution in [0.2, 0.25) is 13.1 Å². The van der Waals surface area contributed by atoms with E-state index in [2.05, 4.69) is 0 Å². The van der Waals surface area contributed by atoms with Crippen LogP contribution in [-0.2, 0) is 17.7 Å². The summed E-state index contributed by atoms with van der Waals surface area (Å²) in [5.74, 6) is 0. The van der Waals surface area contributed by atoms with Gasteiger partial charge in [-0.2, -0.15) is 0 Å². The molecular formula is C7H21NO4Si2. The van der Waals surface area contributed by atoms with E-state index in [1.54, 1.807) is 28.4 Å². The normalized spacial score (nSPS) is 13.7. The van der Waals surface area contributed by atoms with Gasteiger partial charge in [-0.05, 0) is 20.1 Å². The first-order valence-corrected chi connectivity index (χ1v) is 8.87. The summed E-state index contributed by atoms with van der Waals surface area (Å²) in [6.45, 7) is 3.91. The van der Waals surface area contributed by atoms with E-state index in [9.17, 15) is 0 Å². The van der Waals surface area contributed by atoms with E-state index >= 15 is 0 Å². The molecule has 86 valence electrons. The molecule has 5 nitrogen and oxygen atoms in total. The molecule has 0 radical (unpaired) electrons. The SMILES string of the molecule is CO[Si](C)(OC)N(C)[Si](C)(OC)OC. The highest BCUT2D eigenvalue weighted by atomic mass is 28.4. The van der Waals surface area contributed by atoms with E-state index in [0.29, 0.717) is 0 Å². The minimum atomic E-state index is -2.33. The highest BCUT2D eigenvalue weighted by Gasteiger charge is 2.49. The van der Waals surface area contributed by atoms with E-state index in [-0.39, 0.29) is 0 Å². The van der Waals surface area contributed by atoms with Crippen molar-refractivity contribution in [3.63, 3.8) is 0 Å². The molecule has 0 aromatic carbocycles. The predicted molar refractivity (Wildman–Crippen MR) is 59.0 cm³/mol. The maximum atomic E-state index is 5.42. The van der Waals surface area contributed by atoms with Gasteiger partial charge in [-0.15, -0.1) is 0 Å². The molecule has 0 fully saturated rings. The van der Waals surface area contributed by atoms with Crippen molar-refractivity contribution in [2.24, 2.45) is 0 Å². The van der Waals surface area contributed by atoms with Crippen LogP contribution in [-0.4, -0.2) is 57.2 Å². The first-order valence-electron chi connectivity index (χ1n) is 4.34. The zero-order valence-electron chi connectivity index (χ0n) is 10.1. The van der Waals surface area contributed by atoms with Gasteiger partial charge in [0, 0.05) is 28.4 Å². The zero-order valence-corrected chi connectivity index (χ0v) is 12.1. The van der Waals surface area contributed by atoms with Gasteiger partial charge in [-0.25, -0.2) is 0 Å². The lowest BCUT2D eigenvalue weighted by atomic mass is 11.6. The maximum Gasteiger partial charge on any atom is 0.420 e. The van der Waals surface area contributed by atoms with Gasteiger partial charge in [-0.3, -0.25) is 4.23 Å². The van der Waals surface area contributed by atoms with Crippen LogP contribution in [0.1, 0.15) is 0 Å². The predicted octanol–water partition coefficient (Wildman–Crippen LogP) is 0.641. The summed E-state index contributed by atoms with van der Waals surface area (Å²) in [5.41, 5.74) is 0. The van der Waals surface area contributed by atoms with Gasteiger partial charge in [0.05, 0.1) is 0 Å². The molecule has 0 spiro atoms. The lowest BCUT2D eigenvalue weighted by Crippen LogP contribution is -2.67. The summed E-state index contributed by atoms with van der Waals surface area (Å²) in [4.78, 5) is 0. The van der Waals surface area contributed by atoms with Crippen molar-refractivity contribution in [3.8, 4) is 0 Å². The second kappa shape index (κ2) is 5.35. The smallest absolute Gasteiger partial charge is 0.386 e. The lowest BCUT2D eigenvalue weighted by molar-refractivity contribution is 0.156. The van der Waals surface area contributed by atoms with E-state index < -0.39 is 17.4 Å². The number of hydrogen-bond donors (Lipinski definition) is 0. The van der Waals surface area contributed by atoms with Gasteiger partial charge in [0.25, 0.3) is 0 Å². The first kappa shape index (κ1) is 14.2. The molecule has 0 atom stereocenters. The van der Waals surface area contributed by atoms with E-state index in [4.69, 9.17) is 17.7 Å². The molecule has 0 N–H and O–H groups in total. The van der Waals surface area contributed by atoms with Gasteiger partial charge < -0.3 is 17.7 Å². The third kappa shape index (κ3) is 2.63. The van der Waals surface area contributed by atoms with Crippen molar-refractivity contribution in [2.75, 3.05) is 35.5 Å². The van der Waals surface area contributed by atoms with Crippen LogP contribution >= 0.6 is 0 Å². The molecule has 0 aliphatic carbocycles. The Morgan fingerprint density at radius 3 is 1.07 bits per heavy atom. The fourth-order valence-electron chi connectivity index (χ4n) is 1.08. The average Bonchev–Trinajstić information content (AvgIpc) is 2.25. The summed E-state index contributed by atoms with van der Waals surface area (Å²) in [6.07, 6.45) is 0. The molecule has 0 saturated carbocycles. The van der Waals surface area contributed by atoms with Gasteiger partial charge >= 0.3 is 17.4 Å². The minimum absolute atomic E-state index is 1.65. The molecule has 0 aromatic rings. The topological polar surface area (TPSA) is 40.2 Å². The number of rotatable bonds is 6. The van der Waals surface area contributed by atoms with E-state index in [1.165, 1.54) is 0 Å². The van der Waals surface area contributed by atoms with Crippen LogP contribution in [0, 0.1) is 0 Å². The molecule has 0 amide bonds. The van der Waals surface area contributed by atoms with Crippen molar-refractivity contribution >= 4 is 17.4 Å². The molecule has 0 aliphatic rings. The lowest BCUT2D eigenvalue weighted by Gasteiger charge is -2.40. The zero-order chi connectivity index (χ0) is 11.4. The maximum absolute atomic E-state index is 5.42. The van der Waals surface area contributed by atoms with E-state index in [0.717, 1.165) is 0 Å². The molecule has 0 unspecified atom stereocenters. The van der Waals surface area contributed by atoms with Gasteiger partial charge in [0.1, 0.15) is 0 Å². The summed E-state index contributed by atoms with van der Waals surface area (Å²) >= 11 is 0. The largest absolute Gasteiger partial charge is 0.420 e. The molecule has 0 heterocycles. The molecule has 0 aromatic heterocycles. The second-order valence-corrected chi connectivity index (χ2v) is 10.2. The van der Waals surface area contributed by atoms with Crippen molar-refractivity contribution in [1.82, 2.24) is 4.23 Å². The Hall–Kier alpha value is 0.234. The van der Waals surface area contributed by atoms with Crippen molar-refractivity contribution in [3.05, 3.63) is 0 Å². The number of hydrogen-bond acceptors (Lipinski definition) is 5. The highest BCUT2D eigenvalue weighted by Crippen LogP contribution is 2.19. The fourth-order valence-corrected chi connectivity index (χ4v) is 6.56. The van der Waals surface area contributed by atoms with Gasteiger partial charge in [0.15, 0.2) is 0 Å². The van der Waals surface area contributed by atoms with Crippen LogP contribution in [0.5, 0.6) is 0 Å². The van der Waals surface area contributed by atoms with Crippen LogP contribution < -0.4 is 0 Å². The molecular weight excluding hydrogens is 218 g/mol. The Morgan fingerprint density at radius 1 is 0.714 bits per heavy atom. The summed E-state index contributed by atoms with van der Waals surface area (Å²) in [5, 5.41) is 0. The Labute approximate surface area is 88.6 Å². The summed E-state index contributed by atoms with van der Waals surface area (Å²) in [7, 11) is 3.83. The second-order valence-electron chi connectivity index (χ2n) is 3.17. The van der Waals surface area contributed by atoms with Gasteiger partial charge in [-0.1, -0.05) is 0 Å². The molecule has 14 heavy (non-hydrogen) atoms. The van der Waals surface area contributed by atoms with E-state index in [1.807, 2.05) is 24.4 Å². The first-order chi connectivity index (χ1) is 6.40. The Kier molecular flexibility index (Phi) is 5.44. The Bertz CT molecular complexity index is 155. The highest BCUT2D eigenvalue weighted by molar-refractivity contribution is 6.79. The standard InChI is InChI=1S/C7H21NO4Si2/c1-8(13(6,9-2)10-3)14(7,11-4)12-5/h1-7H3. The van der Waals surface area contributed by atoms with Crippen LogP contribution in [0.25, 0.3) is 0 Å². The van der Waals surface area contributed by atoms with Crippen molar-refractivity contribution in [1.29, 1.82) is 0 Å². The molecule has 7 heteroatoms. The molecule has 0 aliphatic heterocycles. The Morgan fingerprint density at radius 2 is 0.929 bits per heavy atom. The molecule has 0 rings (SSSR count). The van der Waals surface area contributed by atoms with Gasteiger partial charge in [0.2, 0.25) is 0 Å². The minimum Gasteiger partial charge on any atom is -0.386 e. The van der Waals surface area contributed by atoms with Crippen molar-refractivity contribution in [2.45, 2.75) is 13.1 Å².